The van der Waals surface area contributed by atoms with E-state index in [-0.39, 0.29) is 17.4 Å². The van der Waals surface area contributed by atoms with Gasteiger partial charge in [0.05, 0.1) is 17.6 Å². The molecule has 1 fully saturated rings. The second kappa shape index (κ2) is 8.14. The molecule has 0 saturated carbocycles. The summed E-state index contributed by atoms with van der Waals surface area (Å²) in [5, 5.41) is 0. The fourth-order valence-electron chi connectivity index (χ4n) is 3.16. The molecule has 0 atom stereocenters. The van der Waals surface area contributed by atoms with E-state index in [2.05, 4.69) is 0 Å². The predicted octanol–water partition coefficient (Wildman–Crippen LogP) is 2.08. The third-order valence-corrected chi connectivity index (χ3v) is 5.74. The molecule has 0 N–H and O–H groups in total. The Hall–Kier alpha value is -2.68. The van der Waals surface area contributed by atoms with E-state index in [0.717, 1.165) is 16.6 Å². The van der Waals surface area contributed by atoms with Gasteiger partial charge in [0.1, 0.15) is 18.2 Å². The van der Waals surface area contributed by atoms with Crippen LogP contribution < -0.4 is 9.21 Å². The second-order valence-electron chi connectivity index (χ2n) is 6.57. The van der Waals surface area contributed by atoms with Gasteiger partial charge in [0, 0.05) is 26.2 Å². The summed E-state index contributed by atoms with van der Waals surface area (Å²) < 4.78 is 52.5. The van der Waals surface area contributed by atoms with Crippen LogP contribution in [0.15, 0.2) is 48.5 Å². The number of anilines is 2. The van der Waals surface area contributed by atoms with Crippen LogP contribution >= 0.6 is 0 Å². The Bertz CT molecular complexity index is 960. The van der Waals surface area contributed by atoms with Crippen LogP contribution in [-0.2, 0) is 14.8 Å². The number of para-hydroxylation sites is 1. The van der Waals surface area contributed by atoms with Crippen molar-refractivity contribution in [1.82, 2.24) is 4.90 Å². The zero-order valence-electron chi connectivity index (χ0n) is 15.4. The van der Waals surface area contributed by atoms with Crippen molar-refractivity contribution in [3.63, 3.8) is 0 Å². The number of hydrogen-bond donors (Lipinski definition) is 0. The van der Waals surface area contributed by atoms with Crippen molar-refractivity contribution in [2.45, 2.75) is 0 Å². The molecule has 3 rings (SSSR count). The smallest absolute Gasteiger partial charge is 0.243 e. The highest BCUT2D eigenvalue weighted by molar-refractivity contribution is 7.92. The summed E-state index contributed by atoms with van der Waals surface area (Å²) in [6.45, 7) is 1.14. The van der Waals surface area contributed by atoms with Crippen molar-refractivity contribution in [3.05, 3.63) is 60.2 Å². The molecule has 9 heteroatoms. The molecule has 28 heavy (non-hydrogen) atoms. The first kappa shape index (κ1) is 20.1. The Morgan fingerprint density at radius 3 is 2.32 bits per heavy atom. The molecule has 0 aliphatic carbocycles. The van der Waals surface area contributed by atoms with Crippen LogP contribution in [0.4, 0.5) is 20.2 Å². The summed E-state index contributed by atoms with van der Waals surface area (Å²) in [6.07, 6.45) is 0.974. The lowest BCUT2D eigenvalue weighted by Gasteiger charge is -2.37. The van der Waals surface area contributed by atoms with Crippen molar-refractivity contribution in [2.75, 3.05) is 48.2 Å². The molecule has 1 heterocycles. The van der Waals surface area contributed by atoms with E-state index in [1.54, 1.807) is 18.2 Å². The minimum atomic E-state index is -3.77. The Labute approximate surface area is 163 Å². The number of carbonyl (C=O) groups is 1. The summed E-state index contributed by atoms with van der Waals surface area (Å²) in [5.41, 5.74) is 0.577. The molecule has 1 aliphatic heterocycles. The SMILES string of the molecule is CS(=O)(=O)N(CC(=O)N1CCN(c2ccccc2F)CC1)c1cccc(F)c1. The van der Waals surface area contributed by atoms with Gasteiger partial charge in [-0.1, -0.05) is 18.2 Å². The average molecular weight is 409 g/mol. The summed E-state index contributed by atoms with van der Waals surface area (Å²) in [5.74, 6) is -1.29. The van der Waals surface area contributed by atoms with E-state index in [1.807, 2.05) is 4.90 Å². The molecular formula is C19H21F2N3O3S. The van der Waals surface area contributed by atoms with E-state index in [0.29, 0.717) is 31.9 Å². The Balaban J connectivity index is 1.68. The van der Waals surface area contributed by atoms with Crippen LogP contribution in [0, 0.1) is 11.6 Å². The quantitative estimate of drug-likeness (QED) is 0.759. The largest absolute Gasteiger partial charge is 0.366 e. The number of nitrogens with zero attached hydrogens (tertiary/aromatic N) is 3. The fourth-order valence-corrected chi connectivity index (χ4v) is 4.00. The topological polar surface area (TPSA) is 60.9 Å². The van der Waals surface area contributed by atoms with Crippen molar-refractivity contribution in [1.29, 1.82) is 0 Å². The number of piperazine rings is 1. The lowest BCUT2D eigenvalue weighted by Crippen LogP contribution is -2.52. The fraction of sp³-hybridized carbons (Fsp3) is 0.316. The van der Waals surface area contributed by atoms with Crippen molar-refractivity contribution in [3.8, 4) is 0 Å². The highest BCUT2D eigenvalue weighted by Gasteiger charge is 2.27. The summed E-state index contributed by atoms with van der Waals surface area (Å²) in [4.78, 5) is 16.0. The molecule has 0 aromatic heterocycles. The van der Waals surface area contributed by atoms with Gasteiger partial charge >= 0.3 is 0 Å². The maximum Gasteiger partial charge on any atom is 0.243 e. The van der Waals surface area contributed by atoms with E-state index in [9.17, 15) is 22.0 Å². The van der Waals surface area contributed by atoms with Gasteiger partial charge < -0.3 is 9.80 Å². The second-order valence-corrected chi connectivity index (χ2v) is 8.48. The third-order valence-electron chi connectivity index (χ3n) is 4.60. The van der Waals surface area contributed by atoms with Crippen LogP contribution in [0.25, 0.3) is 0 Å². The minimum Gasteiger partial charge on any atom is -0.366 e. The average Bonchev–Trinajstić information content (AvgIpc) is 2.65. The number of sulfonamides is 1. The van der Waals surface area contributed by atoms with Crippen LogP contribution in [0.1, 0.15) is 0 Å². The van der Waals surface area contributed by atoms with Gasteiger partial charge in [-0.05, 0) is 30.3 Å². The summed E-state index contributed by atoms with van der Waals surface area (Å²) in [6, 6.07) is 11.5. The first-order valence-corrected chi connectivity index (χ1v) is 10.6. The zero-order valence-corrected chi connectivity index (χ0v) is 16.2. The molecule has 0 radical (unpaired) electrons. The summed E-state index contributed by atoms with van der Waals surface area (Å²) in [7, 11) is -3.77. The lowest BCUT2D eigenvalue weighted by molar-refractivity contribution is -0.129. The molecule has 2 aromatic carbocycles. The first-order chi connectivity index (χ1) is 13.3. The number of benzene rings is 2. The maximum atomic E-state index is 13.9. The minimum absolute atomic E-state index is 0.0980. The lowest BCUT2D eigenvalue weighted by atomic mass is 10.2. The molecular weight excluding hydrogens is 388 g/mol. The standard InChI is InChI=1S/C19H21F2N3O3S/c1-28(26,27)24(16-6-4-5-15(20)13-16)14-19(25)23-11-9-22(10-12-23)18-8-3-2-7-17(18)21/h2-8,13H,9-12,14H2,1H3. The number of rotatable bonds is 5. The molecule has 1 aliphatic rings. The maximum absolute atomic E-state index is 13.9. The van der Waals surface area contributed by atoms with Gasteiger partial charge in [-0.3, -0.25) is 9.10 Å². The van der Waals surface area contributed by atoms with Gasteiger partial charge in [0.25, 0.3) is 0 Å². The molecule has 1 saturated heterocycles. The zero-order chi connectivity index (χ0) is 20.3. The van der Waals surface area contributed by atoms with Crippen molar-refractivity contribution >= 4 is 27.3 Å². The van der Waals surface area contributed by atoms with Crippen LogP contribution in [0.5, 0.6) is 0 Å². The van der Waals surface area contributed by atoms with E-state index < -0.39 is 22.4 Å². The first-order valence-electron chi connectivity index (χ1n) is 8.76. The van der Waals surface area contributed by atoms with Gasteiger partial charge in [0.15, 0.2) is 0 Å². The molecule has 1 amide bonds. The molecule has 0 unspecified atom stereocenters. The molecule has 0 spiro atoms. The third kappa shape index (κ3) is 4.59. The molecule has 150 valence electrons. The van der Waals surface area contributed by atoms with Gasteiger partial charge in [0.2, 0.25) is 15.9 Å². The normalized spacial score (nSPS) is 14.8. The number of carbonyl (C=O) groups excluding carboxylic acids is 1. The van der Waals surface area contributed by atoms with Crippen molar-refractivity contribution < 1.29 is 22.0 Å². The van der Waals surface area contributed by atoms with E-state index in [1.165, 1.54) is 29.2 Å². The van der Waals surface area contributed by atoms with Gasteiger partial charge in [-0.15, -0.1) is 0 Å². The number of amides is 1. The van der Waals surface area contributed by atoms with E-state index in [4.69, 9.17) is 0 Å². The monoisotopic (exact) mass is 409 g/mol. The van der Waals surface area contributed by atoms with Gasteiger partial charge in [-0.2, -0.15) is 0 Å². The number of hydrogen-bond acceptors (Lipinski definition) is 4. The van der Waals surface area contributed by atoms with Crippen molar-refractivity contribution in [2.24, 2.45) is 0 Å². The van der Waals surface area contributed by atoms with Crippen LogP contribution in [0.3, 0.4) is 0 Å². The highest BCUT2D eigenvalue weighted by Crippen LogP contribution is 2.21. The molecule has 2 aromatic rings. The Morgan fingerprint density at radius 1 is 1.04 bits per heavy atom. The number of halogens is 2. The molecule has 6 nitrogen and oxygen atoms in total. The summed E-state index contributed by atoms with van der Waals surface area (Å²) >= 11 is 0. The predicted molar refractivity (Wildman–Crippen MR) is 104 cm³/mol. The highest BCUT2D eigenvalue weighted by atomic mass is 32.2. The molecule has 0 bridgehead atoms. The van der Waals surface area contributed by atoms with Gasteiger partial charge in [-0.25, -0.2) is 17.2 Å². The van der Waals surface area contributed by atoms with Crippen LogP contribution in [0.2, 0.25) is 0 Å². The Kier molecular flexibility index (Phi) is 5.83. The van der Waals surface area contributed by atoms with Crippen LogP contribution in [-0.4, -0.2) is 58.2 Å². The Morgan fingerprint density at radius 2 is 1.71 bits per heavy atom. The van der Waals surface area contributed by atoms with E-state index >= 15 is 0 Å².